The topological polar surface area (TPSA) is 75.6 Å². The summed E-state index contributed by atoms with van der Waals surface area (Å²) in [6.07, 6.45) is -4.26. The summed E-state index contributed by atoms with van der Waals surface area (Å²) < 4.78 is 39.4. The SMILES string of the molecule is O=C(COCC(F)(F)F)NC1(C(=O)O)CCSC1. The molecule has 5 nitrogen and oxygen atoms in total. The number of rotatable bonds is 5. The fraction of sp³-hybridized carbons (Fsp3) is 0.778. The Labute approximate surface area is 105 Å². The molecule has 1 heterocycles. The summed E-state index contributed by atoms with van der Waals surface area (Å²) in [6, 6.07) is 0. The molecule has 2 N–H and O–H groups in total. The number of carboxylic acid groups (broad SMARTS) is 1. The molecule has 0 saturated carbocycles. The quantitative estimate of drug-likeness (QED) is 0.776. The Balaban J connectivity index is 2.41. The molecule has 18 heavy (non-hydrogen) atoms. The average Bonchev–Trinajstić information content (AvgIpc) is 2.65. The van der Waals surface area contributed by atoms with E-state index in [4.69, 9.17) is 5.11 Å². The second kappa shape index (κ2) is 5.79. The molecular weight excluding hydrogens is 275 g/mol. The molecule has 1 saturated heterocycles. The van der Waals surface area contributed by atoms with Crippen molar-refractivity contribution in [3.05, 3.63) is 0 Å². The zero-order valence-electron chi connectivity index (χ0n) is 9.25. The van der Waals surface area contributed by atoms with Gasteiger partial charge in [0.05, 0.1) is 0 Å². The maximum atomic E-state index is 11.8. The summed E-state index contributed by atoms with van der Waals surface area (Å²) in [5, 5.41) is 11.2. The van der Waals surface area contributed by atoms with Crippen LogP contribution in [-0.4, -0.2) is 53.4 Å². The van der Waals surface area contributed by atoms with E-state index in [0.29, 0.717) is 5.75 Å². The zero-order chi connectivity index (χ0) is 13.8. The number of carbonyl (C=O) groups excluding carboxylic acids is 1. The van der Waals surface area contributed by atoms with Crippen molar-refractivity contribution in [2.24, 2.45) is 0 Å². The lowest BCUT2D eigenvalue weighted by Gasteiger charge is -2.24. The number of alkyl halides is 3. The van der Waals surface area contributed by atoms with Crippen molar-refractivity contribution in [3.63, 3.8) is 0 Å². The Morgan fingerprint density at radius 1 is 1.44 bits per heavy atom. The number of aliphatic carboxylic acids is 1. The Bertz CT molecular complexity index is 328. The van der Waals surface area contributed by atoms with Gasteiger partial charge in [-0.05, 0) is 12.2 Å². The summed E-state index contributed by atoms with van der Waals surface area (Å²) in [5.74, 6) is -1.26. The van der Waals surface area contributed by atoms with Gasteiger partial charge in [-0.2, -0.15) is 24.9 Å². The Morgan fingerprint density at radius 3 is 2.56 bits per heavy atom. The van der Waals surface area contributed by atoms with E-state index in [1.807, 2.05) is 0 Å². The number of thioether (sulfide) groups is 1. The van der Waals surface area contributed by atoms with Crippen LogP contribution in [-0.2, 0) is 14.3 Å². The van der Waals surface area contributed by atoms with E-state index >= 15 is 0 Å². The normalized spacial score (nSPS) is 23.9. The average molecular weight is 287 g/mol. The third-order valence-corrected chi connectivity index (χ3v) is 3.50. The molecule has 1 rings (SSSR count). The number of amides is 1. The first kappa shape index (κ1) is 15.1. The van der Waals surface area contributed by atoms with Gasteiger partial charge in [-0.15, -0.1) is 0 Å². The van der Waals surface area contributed by atoms with Gasteiger partial charge in [-0.3, -0.25) is 4.79 Å². The fourth-order valence-corrected chi connectivity index (χ4v) is 2.77. The van der Waals surface area contributed by atoms with Crippen LogP contribution in [0, 0.1) is 0 Å². The van der Waals surface area contributed by atoms with Crippen molar-refractivity contribution in [3.8, 4) is 0 Å². The highest BCUT2D eigenvalue weighted by molar-refractivity contribution is 7.99. The lowest BCUT2D eigenvalue weighted by Crippen LogP contribution is -2.55. The van der Waals surface area contributed by atoms with Gasteiger partial charge in [-0.25, -0.2) is 4.79 Å². The van der Waals surface area contributed by atoms with Gasteiger partial charge in [0.2, 0.25) is 5.91 Å². The van der Waals surface area contributed by atoms with Gasteiger partial charge < -0.3 is 15.2 Å². The summed E-state index contributed by atoms with van der Waals surface area (Å²) in [6.45, 7) is -2.34. The summed E-state index contributed by atoms with van der Waals surface area (Å²) in [4.78, 5) is 22.4. The number of ether oxygens (including phenoxy) is 1. The molecule has 0 aliphatic carbocycles. The van der Waals surface area contributed by atoms with Crippen molar-refractivity contribution in [1.29, 1.82) is 0 Å². The molecule has 1 unspecified atom stereocenters. The molecule has 0 aromatic heterocycles. The Morgan fingerprint density at radius 2 is 2.11 bits per heavy atom. The minimum Gasteiger partial charge on any atom is -0.479 e. The molecule has 1 atom stereocenters. The fourth-order valence-electron chi connectivity index (χ4n) is 1.45. The van der Waals surface area contributed by atoms with Crippen LogP contribution in [0.4, 0.5) is 13.2 Å². The van der Waals surface area contributed by atoms with E-state index in [1.165, 1.54) is 11.8 Å². The zero-order valence-corrected chi connectivity index (χ0v) is 10.1. The lowest BCUT2D eigenvalue weighted by atomic mass is 9.99. The van der Waals surface area contributed by atoms with Gasteiger partial charge in [0.1, 0.15) is 18.8 Å². The molecular formula is C9H12F3NO4S. The van der Waals surface area contributed by atoms with E-state index in [0.717, 1.165) is 0 Å². The molecule has 0 radical (unpaired) electrons. The van der Waals surface area contributed by atoms with Crippen molar-refractivity contribution >= 4 is 23.6 Å². The number of carbonyl (C=O) groups is 2. The van der Waals surface area contributed by atoms with Crippen molar-refractivity contribution < 1.29 is 32.6 Å². The van der Waals surface area contributed by atoms with Crippen molar-refractivity contribution in [2.45, 2.75) is 18.1 Å². The van der Waals surface area contributed by atoms with Crippen LogP contribution >= 0.6 is 11.8 Å². The first-order valence-electron chi connectivity index (χ1n) is 5.02. The first-order valence-corrected chi connectivity index (χ1v) is 6.17. The standard InChI is InChI=1S/C9H12F3NO4S/c10-9(11,12)4-17-3-6(14)13-8(7(15)16)1-2-18-5-8/h1-5H2,(H,13,14)(H,15,16). The van der Waals surface area contributed by atoms with Gasteiger partial charge in [0, 0.05) is 5.75 Å². The first-order chi connectivity index (χ1) is 8.25. The second-order valence-electron chi connectivity index (χ2n) is 3.85. The minimum atomic E-state index is -4.51. The number of carboxylic acids is 1. The number of hydrogen-bond donors (Lipinski definition) is 2. The van der Waals surface area contributed by atoms with Crippen LogP contribution in [0.25, 0.3) is 0 Å². The van der Waals surface area contributed by atoms with Crippen molar-refractivity contribution in [1.82, 2.24) is 5.32 Å². The summed E-state index contributed by atoms with van der Waals surface area (Å²) in [5.41, 5.74) is -1.39. The van der Waals surface area contributed by atoms with Gasteiger partial charge in [0.15, 0.2) is 0 Å². The van der Waals surface area contributed by atoms with Crippen LogP contribution in [0.15, 0.2) is 0 Å². The molecule has 0 spiro atoms. The van der Waals surface area contributed by atoms with Crippen LogP contribution < -0.4 is 5.32 Å². The number of halogens is 3. The molecule has 1 amide bonds. The molecule has 9 heteroatoms. The van der Waals surface area contributed by atoms with E-state index in [9.17, 15) is 22.8 Å². The molecule has 0 bridgehead atoms. The van der Waals surface area contributed by atoms with Crippen molar-refractivity contribution in [2.75, 3.05) is 24.7 Å². The van der Waals surface area contributed by atoms with E-state index in [1.54, 1.807) is 0 Å². The summed E-state index contributed by atoms with van der Waals surface area (Å²) >= 11 is 1.36. The highest BCUT2D eigenvalue weighted by atomic mass is 32.2. The third kappa shape index (κ3) is 4.37. The largest absolute Gasteiger partial charge is 0.479 e. The molecule has 104 valence electrons. The molecule has 0 aromatic carbocycles. The highest BCUT2D eigenvalue weighted by Crippen LogP contribution is 2.28. The molecule has 1 aliphatic heterocycles. The van der Waals surface area contributed by atoms with E-state index in [-0.39, 0.29) is 12.2 Å². The predicted molar refractivity (Wildman–Crippen MR) is 57.3 cm³/mol. The Kier molecular flexibility index (Phi) is 4.85. The van der Waals surface area contributed by atoms with E-state index in [2.05, 4.69) is 10.1 Å². The maximum absolute atomic E-state index is 11.8. The van der Waals surface area contributed by atoms with Gasteiger partial charge >= 0.3 is 12.1 Å². The van der Waals surface area contributed by atoms with Gasteiger partial charge in [-0.1, -0.05) is 0 Å². The highest BCUT2D eigenvalue weighted by Gasteiger charge is 2.43. The maximum Gasteiger partial charge on any atom is 0.411 e. The number of nitrogens with one attached hydrogen (secondary N) is 1. The Hall–Kier alpha value is -0.960. The van der Waals surface area contributed by atoms with Crippen LogP contribution in [0.2, 0.25) is 0 Å². The third-order valence-electron chi connectivity index (χ3n) is 2.31. The monoisotopic (exact) mass is 287 g/mol. The van der Waals surface area contributed by atoms with E-state index < -0.39 is 36.8 Å². The summed E-state index contributed by atoms with van der Waals surface area (Å²) in [7, 11) is 0. The second-order valence-corrected chi connectivity index (χ2v) is 4.95. The smallest absolute Gasteiger partial charge is 0.411 e. The van der Waals surface area contributed by atoms with Gasteiger partial charge in [0.25, 0.3) is 0 Å². The predicted octanol–water partition coefficient (Wildman–Crippen LogP) is 0.642. The van der Waals surface area contributed by atoms with Crippen LogP contribution in [0.5, 0.6) is 0 Å². The molecule has 1 aliphatic rings. The van der Waals surface area contributed by atoms with Crippen LogP contribution in [0.3, 0.4) is 0 Å². The molecule has 1 fully saturated rings. The van der Waals surface area contributed by atoms with Crippen LogP contribution in [0.1, 0.15) is 6.42 Å². The minimum absolute atomic E-state index is 0.202. The lowest BCUT2D eigenvalue weighted by molar-refractivity contribution is -0.176. The number of hydrogen-bond acceptors (Lipinski definition) is 4. The molecule has 0 aromatic rings.